The highest BCUT2D eigenvalue weighted by Gasteiger charge is 2.45. The highest BCUT2D eigenvalue weighted by molar-refractivity contribution is 6.02. The molecule has 0 aliphatic carbocycles. The Kier molecular flexibility index (Phi) is 6.09. The summed E-state index contributed by atoms with van der Waals surface area (Å²) < 4.78 is 11.0. The molecule has 170 valence electrons. The molecule has 2 aliphatic heterocycles. The molecule has 7 nitrogen and oxygen atoms in total. The lowest BCUT2D eigenvalue weighted by atomic mass is 9.78. The molecule has 0 radical (unpaired) electrons. The van der Waals surface area contributed by atoms with Crippen LogP contribution in [0.15, 0.2) is 36.7 Å². The van der Waals surface area contributed by atoms with E-state index in [2.05, 4.69) is 18.8 Å². The Morgan fingerprint density at radius 1 is 1.09 bits per heavy atom. The second kappa shape index (κ2) is 8.81. The lowest BCUT2D eigenvalue weighted by molar-refractivity contribution is -0.137. The first-order valence-corrected chi connectivity index (χ1v) is 11.1. The van der Waals surface area contributed by atoms with Gasteiger partial charge in [-0.1, -0.05) is 19.9 Å². The van der Waals surface area contributed by atoms with Crippen LogP contribution >= 0.6 is 0 Å². The average Bonchev–Trinajstić information content (AvgIpc) is 2.79. The first-order chi connectivity index (χ1) is 15.3. The topological polar surface area (TPSA) is 72.0 Å². The molecule has 2 aliphatic rings. The predicted octanol–water partition coefficient (Wildman–Crippen LogP) is 3.51. The van der Waals surface area contributed by atoms with Crippen LogP contribution in [-0.4, -0.2) is 61.0 Å². The van der Waals surface area contributed by atoms with Crippen LogP contribution in [0.3, 0.4) is 0 Å². The number of fused-ring (bicyclic) bond motifs is 1. The maximum Gasteiger partial charge on any atom is 0.254 e. The zero-order chi connectivity index (χ0) is 23.0. The van der Waals surface area contributed by atoms with E-state index in [1.54, 1.807) is 50.7 Å². The molecule has 0 bridgehead atoms. The van der Waals surface area contributed by atoms with Crippen molar-refractivity contribution in [3.8, 4) is 11.5 Å². The molecule has 0 N–H and O–H groups in total. The summed E-state index contributed by atoms with van der Waals surface area (Å²) in [7, 11) is 4.85. The molecule has 7 heteroatoms. The van der Waals surface area contributed by atoms with Crippen LogP contribution in [0.1, 0.15) is 53.7 Å². The van der Waals surface area contributed by atoms with Crippen molar-refractivity contribution in [3.05, 3.63) is 53.3 Å². The number of benzene rings is 1. The van der Waals surface area contributed by atoms with Crippen molar-refractivity contribution in [3.63, 3.8) is 0 Å². The third kappa shape index (κ3) is 3.80. The number of hydrogen-bond donors (Lipinski definition) is 0. The monoisotopic (exact) mass is 437 g/mol. The van der Waals surface area contributed by atoms with Gasteiger partial charge in [0.25, 0.3) is 5.91 Å². The molecule has 1 fully saturated rings. The number of nitrogens with zero attached hydrogens (tertiary/aromatic N) is 3. The Morgan fingerprint density at radius 2 is 1.75 bits per heavy atom. The standard InChI is InChI=1S/C25H31N3O4/c1-15-9-16(2)14-28(13-15)25(30)22-18-10-20(31-4)21(32-5)11-19(18)24(29)27(3)23(22)17-7-6-8-26-12-17/h6-8,10-12,15-16,22-23H,9,13-14H2,1-5H3/t15-,16-,22+,23+/m0/s1. The highest BCUT2D eigenvalue weighted by atomic mass is 16.5. The number of methoxy groups -OCH3 is 2. The van der Waals surface area contributed by atoms with Crippen LogP contribution in [0, 0.1) is 11.8 Å². The summed E-state index contributed by atoms with van der Waals surface area (Å²) in [5.41, 5.74) is 1.98. The predicted molar refractivity (Wildman–Crippen MR) is 121 cm³/mol. The van der Waals surface area contributed by atoms with Crippen LogP contribution in [0.5, 0.6) is 11.5 Å². The Balaban J connectivity index is 1.88. The van der Waals surface area contributed by atoms with Crippen molar-refractivity contribution in [1.29, 1.82) is 0 Å². The van der Waals surface area contributed by atoms with Crippen molar-refractivity contribution >= 4 is 11.8 Å². The van der Waals surface area contributed by atoms with Gasteiger partial charge in [-0.15, -0.1) is 0 Å². The summed E-state index contributed by atoms with van der Waals surface area (Å²) in [4.78, 5) is 35.4. The van der Waals surface area contributed by atoms with Crippen LogP contribution in [0.4, 0.5) is 0 Å². The van der Waals surface area contributed by atoms with Gasteiger partial charge in [0.1, 0.15) is 0 Å². The molecular weight excluding hydrogens is 406 g/mol. The summed E-state index contributed by atoms with van der Waals surface area (Å²) in [6.45, 7) is 5.82. The van der Waals surface area contributed by atoms with Crippen LogP contribution in [-0.2, 0) is 4.79 Å². The third-order valence-corrected chi connectivity index (χ3v) is 6.65. The highest BCUT2D eigenvalue weighted by Crippen LogP contribution is 2.46. The zero-order valence-electron chi connectivity index (χ0n) is 19.4. The average molecular weight is 438 g/mol. The van der Waals surface area contributed by atoms with E-state index >= 15 is 0 Å². The molecule has 2 amide bonds. The van der Waals surface area contributed by atoms with E-state index in [1.807, 2.05) is 17.0 Å². The van der Waals surface area contributed by atoms with Gasteiger partial charge in [0, 0.05) is 38.1 Å². The first-order valence-electron chi connectivity index (χ1n) is 11.1. The SMILES string of the molecule is COc1cc2c(cc1OC)[C@@H](C(=O)N1C[C@@H](C)C[C@H](C)C1)[C@@H](c1cccnc1)N(C)C2=O. The summed E-state index contributed by atoms with van der Waals surface area (Å²) in [6.07, 6.45) is 4.54. The zero-order valence-corrected chi connectivity index (χ0v) is 19.4. The van der Waals surface area contributed by atoms with Gasteiger partial charge >= 0.3 is 0 Å². The summed E-state index contributed by atoms with van der Waals surface area (Å²) in [5.74, 6) is 1.17. The first kappa shape index (κ1) is 22.1. The van der Waals surface area contributed by atoms with Gasteiger partial charge in [-0.05, 0) is 47.6 Å². The molecule has 0 unspecified atom stereocenters. The molecule has 3 heterocycles. The van der Waals surface area contributed by atoms with Gasteiger partial charge in [-0.3, -0.25) is 14.6 Å². The molecule has 32 heavy (non-hydrogen) atoms. The largest absolute Gasteiger partial charge is 0.493 e. The van der Waals surface area contributed by atoms with Crippen molar-refractivity contribution in [1.82, 2.24) is 14.8 Å². The van der Waals surface area contributed by atoms with Gasteiger partial charge in [-0.2, -0.15) is 0 Å². The molecule has 0 spiro atoms. The van der Waals surface area contributed by atoms with E-state index in [0.29, 0.717) is 34.5 Å². The number of likely N-dealkylation sites (tertiary alicyclic amines) is 1. The fraction of sp³-hybridized carbons (Fsp3) is 0.480. The summed E-state index contributed by atoms with van der Waals surface area (Å²) >= 11 is 0. The Bertz CT molecular complexity index is 1000. The van der Waals surface area contributed by atoms with Gasteiger partial charge in [0.05, 0.1) is 26.2 Å². The number of hydrogen-bond acceptors (Lipinski definition) is 5. The molecular formula is C25H31N3O4. The number of carbonyl (C=O) groups excluding carboxylic acids is 2. The van der Waals surface area contributed by atoms with Crippen LogP contribution in [0.2, 0.25) is 0 Å². The fourth-order valence-electron chi connectivity index (χ4n) is 5.32. The van der Waals surface area contributed by atoms with E-state index in [1.165, 1.54) is 0 Å². The van der Waals surface area contributed by atoms with Gasteiger partial charge < -0.3 is 19.3 Å². The Labute approximate surface area is 189 Å². The Morgan fingerprint density at radius 3 is 2.34 bits per heavy atom. The van der Waals surface area contributed by atoms with E-state index < -0.39 is 12.0 Å². The minimum Gasteiger partial charge on any atom is -0.493 e. The molecule has 1 saturated heterocycles. The number of amides is 2. The second-order valence-corrected chi connectivity index (χ2v) is 9.11. The minimum atomic E-state index is -0.561. The van der Waals surface area contributed by atoms with Crippen molar-refractivity contribution in [2.45, 2.75) is 32.2 Å². The maximum absolute atomic E-state index is 14.1. The van der Waals surface area contributed by atoms with Crippen LogP contribution in [0.25, 0.3) is 0 Å². The molecule has 4 atom stereocenters. The maximum atomic E-state index is 14.1. The number of likely N-dealkylation sites (N-methyl/N-ethyl adjacent to an activating group) is 1. The van der Waals surface area contributed by atoms with Crippen molar-refractivity contribution in [2.24, 2.45) is 11.8 Å². The quantitative estimate of drug-likeness (QED) is 0.732. The van der Waals surface area contributed by atoms with Gasteiger partial charge in [-0.25, -0.2) is 0 Å². The molecule has 4 rings (SSSR count). The third-order valence-electron chi connectivity index (χ3n) is 6.65. The molecule has 0 saturated carbocycles. The number of aromatic nitrogens is 1. The van der Waals surface area contributed by atoms with E-state index in [4.69, 9.17) is 9.47 Å². The van der Waals surface area contributed by atoms with E-state index in [0.717, 1.165) is 25.1 Å². The smallest absolute Gasteiger partial charge is 0.254 e. The minimum absolute atomic E-state index is 0.0325. The second-order valence-electron chi connectivity index (χ2n) is 9.11. The molecule has 1 aromatic heterocycles. The van der Waals surface area contributed by atoms with Crippen molar-refractivity contribution < 1.29 is 19.1 Å². The normalized spacial score (nSPS) is 25.3. The fourth-order valence-corrected chi connectivity index (χ4v) is 5.32. The number of pyridine rings is 1. The van der Waals surface area contributed by atoms with E-state index in [9.17, 15) is 9.59 Å². The van der Waals surface area contributed by atoms with Gasteiger partial charge in [0.15, 0.2) is 11.5 Å². The van der Waals surface area contributed by atoms with Crippen molar-refractivity contribution in [2.75, 3.05) is 34.4 Å². The number of piperidine rings is 1. The number of carbonyl (C=O) groups is 2. The Hall–Kier alpha value is -3.09. The van der Waals surface area contributed by atoms with Gasteiger partial charge in [0.2, 0.25) is 5.91 Å². The molecule has 1 aromatic carbocycles. The summed E-state index contributed by atoms with van der Waals surface area (Å²) in [5, 5.41) is 0. The summed E-state index contributed by atoms with van der Waals surface area (Å²) in [6, 6.07) is 6.79. The van der Waals surface area contributed by atoms with Crippen LogP contribution < -0.4 is 9.47 Å². The number of rotatable bonds is 4. The lowest BCUT2D eigenvalue weighted by Crippen LogP contribution is -2.50. The molecule has 2 aromatic rings. The lowest BCUT2D eigenvalue weighted by Gasteiger charge is -2.43. The number of ether oxygens (including phenoxy) is 2. The van der Waals surface area contributed by atoms with E-state index in [-0.39, 0.29) is 11.8 Å².